The van der Waals surface area contributed by atoms with Crippen molar-refractivity contribution in [3.63, 3.8) is 0 Å². The van der Waals surface area contributed by atoms with Gasteiger partial charge in [0.25, 0.3) is 0 Å². The standard InChI is InChI=1S/C21H34O2/c1-7-9-16-12-18(22)20-15(4)17(11-8-10-14(2)3)21(5,6)23-19(20)13-16/h13,15,17-18,22H,2,7-12H2,1,3-6H3. The highest BCUT2D eigenvalue weighted by Gasteiger charge is 2.44. The zero-order valence-corrected chi connectivity index (χ0v) is 15.6. The molecule has 1 heterocycles. The molecule has 1 aliphatic heterocycles. The van der Waals surface area contributed by atoms with Crippen molar-refractivity contribution < 1.29 is 9.84 Å². The Morgan fingerprint density at radius 1 is 1.43 bits per heavy atom. The minimum atomic E-state index is -0.369. The Morgan fingerprint density at radius 2 is 2.13 bits per heavy atom. The Bertz CT molecular complexity index is 510. The maximum Gasteiger partial charge on any atom is 0.122 e. The Labute approximate surface area is 142 Å². The van der Waals surface area contributed by atoms with Gasteiger partial charge in [-0.15, -0.1) is 6.58 Å². The number of ether oxygens (including phenoxy) is 1. The molecular weight excluding hydrogens is 284 g/mol. The summed E-state index contributed by atoms with van der Waals surface area (Å²) in [5, 5.41) is 10.7. The van der Waals surface area contributed by atoms with Crippen LogP contribution in [0.5, 0.6) is 0 Å². The highest BCUT2D eigenvalue weighted by atomic mass is 16.5. The molecule has 0 spiro atoms. The molecule has 0 saturated heterocycles. The molecule has 0 saturated carbocycles. The molecule has 0 aromatic heterocycles. The third-order valence-electron chi connectivity index (χ3n) is 5.48. The van der Waals surface area contributed by atoms with Gasteiger partial charge < -0.3 is 9.84 Å². The third kappa shape index (κ3) is 4.09. The number of allylic oxidation sites excluding steroid dienone is 2. The fourth-order valence-electron chi connectivity index (χ4n) is 4.36. The van der Waals surface area contributed by atoms with E-state index in [-0.39, 0.29) is 11.7 Å². The minimum absolute atomic E-state index is 0.182. The lowest BCUT2D eigenvalue weighted by atomic mass is 9.69. The lowest BCUT2D eigenvalue weighted by Crippen LogP contribution is -2.45. The summed E-state index contributed by atoms with van der Waals surface area (Å²) in [5.41, 5.74) is 3.52. The molecule has 2 nitrogen and oxygen atoms in total. The number of aliphatic hydroxyl groups excluding tert-OH is 1. The van der Waals surface area contributed by atoms with Crippen LogP contribution in [0.4, 0.5) is 0 Å². The summed E-state index contributed by atoms with van der Waals surface area (Å²) in [6.45, 7) is 15.0. The minimum Gasteiger partial charge on any atom is -0.487 e. The van der Waals surface area contributed by atoms with E-state index in [9.17, 15) is 5.11 Å². The summed E-state index contributed by atoms with van der Waals surface area (Å²) < 4.78 is 6.39. The maximum atomic E-state index is 10.7. The van der Waals surface area contributed by atoms with Gasteiger partial charge in [0.2, 0.25) is 0 Å². The first-order chi connectivity index (χ1) is 10.8. The molecule has 1 aliphatic carbocycles. The van der Waals surface area contributed by atoms with Crippen molar-refractivity contribution in [2.75, 3.05) is 0 Å². The average Bonchev–Trinajstić information content (AvgIpc) is 2.41. The van der Waals surface area contributed by atoms with Gasteiger partial charge in [0.1, 0.15) is 11.4 Å². The van der Waals surface area contributed by atoms with Gasteiger partial charge >= 0.3 is 0 Å². The quantitative estimate of drug-likeness (QED) is 0.652. The van der Waals surface area contributed by atoms with E-state index in [2.05, 4.69) is 47.3 Å². The smallest absolute Gasteiger partial charge is 0.122 e. The Hall–Kier alpha value is -1.02. The molecule has 0 amide bonds. The van der Waals surface area contributed by atoms with Gasteiger partial charge in [0.05, 0.1) is 6.10 Å². The van der Waals surface area contributed by atoms with Crippen LogP contribution in [0.3, 0.4) is 0 Å². The largest absolute Gasteiger partial charge is 0.487 e. The molecule has 1 N–H and O–H groups in total. The second-order valence-corrected chi connectivity index (χ2v) is 8.04. The van der Waals surface area contributed by atoms with Gasteiger partial charge in [-0.25, -0.2) is 0 Å². The molecule has 0 aromatic carbocycles. The van der Waals surface area contributed by atoms with Crippen LogP contribution in [-0.2, 0) is 4.74 Å². The predicted octanol–water partition coefficient (Wildman–Crippen LogP) is 5.54. The van der Waals surface area contributed by atoms with E-state index < -0.39 is 0 Å². The fourth-order valence-corrected chi connectivity index (χ4v) is 4.36. The molecule has 0 bridgehead atoms. The van der Waals surface area contributed by atoms with Crippen LogP contribution >= 0.6 is 0 Å². The van der Waals surface area contributed by atoms with E-state index >= 15 is 0 Å². The van der Waals surface area contributed by atoms with E-state index in [0.717, 1.165) is 49.9 Å². The van der Waals surface area contributed by atoms with E-state index in [1.807, 2.05) is 0 Å². The lowest BCUT2D eigenvalue weighted by molar-refractivity contribution is -0.0593. The molecule has 3 atom stereocenters. The zero-order chi connectivity index (χ0) is 17.2. The molecule has 23 heavy (non-hydrogen) atoms. The van der Waals surface area contributed by atoms with E-state index in [1.54, 1.807) is 0 Å². The molecule has 0 radical (unpaired) electrons. The van der Waals surface area contributed by atoms with Crippen molar-refractivity contribution in [1.29, 1.82) is 0 Å². The van der Waals surface area contributed by atoms with Crippen molar-refractivity contribution >= 4 is 0 Å². The summed E-state index contributed by atoms with van der Waals surface area (Å²) in [4.78, 5) is 0. The first-order valence-corrected chi connectivity index (χ1v) is 9.21. The molecular formula is C21H34O2. The van der Waals surface area contributed by atoms with Gasteiger partial charge in [-0.1, -0.05) is 31.4 Å². The average molecular weight is 319 g/mol. The predicted molar refractivity (Wildman–Crippen MR) is 97.1 cm³/mol. The molecule has 2 aliphatic rings. The number of aliphatic hydroxyl groups is 1. The van der Waals surface area contributed by atoms with E-state index in [1.165, 1.54) is 11.1 Å². The first kappa shape index (κ1) is 18.3. The molecule has 2 heteroatoms. The van der Waals surface area contributed by atoms with Crippen molar-refractivity contribution in [2.45, 2.75) is 84.8 Å². The van der Waals surface area contributed by atoms with Crippen LogP contribution in [-0.4, -0.2) is 16.8 Å². The second-order valence-electron chi connectivity index (χ2n) is 8.04. The topological polar surface area (TPSA) is 29.5 Å². The third-order valence-corrected chi connectivity index (χ3v) is 5.48. The van der Waals surface area contributed by atoms with Crippen LogP contribution in [0.25, 0.3) is 0 Å². The maximum absolute atomic E-state index is 10.7. The summed E-state index contributed by atoms with van der Waals surface area (Å²) in [5.74, 6) is 1.76. The monoisotopic (exact) mass is 318 g/mol. The van der Waals surface area contributed by atoms with Gasteiger partial charge in [-0.3, -0.25) is 0 Å². The van der Waals surface area contributed by atoms with Gasteiger partial charge in [0.15, 0.2) is 0 Å². The van der Waals surface area contributed by atoms with Gasteiger partial charge in [-0.2, -0.15) is 0 Å². The van der Waals surface area contributed by atoms with Crippen LogP contribution in [0.1, 0.15) is 73.1 Å². The van der Waals surface area contributed by atoms with Gasteiger partial charge in [-0.05, 0) is 64.9 Å². The Morgan fingerprint density at radius 3 is 2.74 bits per heavy atom. The first-order valence-electron chi connectivity index (χ1n) is 9.21. The fraction of sp³-hybridized carbons (Fsp3) is 0.714. The van der Waals surface area contributed by atoms with Crippen LogP contribution < -0.4 is 0 Å². The zero-order valence-electron chi connectivity index (χ0n) is 15.6. The second kappa shape index (κ2) is 7.25. The van der Waals surface area contributed by atoms with Crippen LogP contribution in [0, 0.1) is 11.8 Å². The van der Waals surface area contributed by atoms with Crippen molar-refractivity contribution in [3.05, 3.63) is 35.1 Å². The molecule has 0 fully saturated rings. The summed E-state index contributed by atoms with van der Waals surface area (Å²) >= 11 is 0. The van der Waals surface area contributed by atoms with E-state index in [0.29, 0.717) is 11.8 Å². The molecule has 0 aromatic rings. The number of hydrogen-bond acceptors (Lipinski definition) is 2. The number of hydrogen-bond donors (Lipinski definition) is 1. The molecule has 130 valence electrons. The summed E-state index contributed by atoms with van der Waals surface area (Å²) in [6.07, 6.45) is 8.12. The van der Waals surface area contributed by atoms with Gasteiger partial charge in [0, 0.05) is 11.5 Å². The van der Waals surface area contributed by atoms with Crippen molar-refractivity contribution in [1.82, 2.24) is 0 Å². The molecule has 3 unspecified atom stereocenters. The molecule has 2 rings (SSSR count). The van der Waals surface area contributed by atoms with Crippen LogP contribution in [0.15, 0.2) is 35.1 Å². The Kier molecular flexibility index (Phi) is 5.78. The lowest BCUT2D eigenvalue weighted by Gasteiger charge is -2.47. The highest BCUT2D eigenvalue weighted by molar-refractivity contribution is 5.37. The number of rotatable bonds is 6. The van der Waals surface area contributed by atoms with Crippen molar-refractivity contribution in [3.8, 4) is 0 Å². The van der Waals surface area contributed by atoms with Crippen molar-refractivity contribution in [2.24, 2.45) is 11.8 Å². The Balaban J connectivity index is 2.23. The SMILES string of the molecule is C=C(C)CCCC1C(C)C2=C(C=C(CCC)CC2O)OC1(C)C. The highest BCUT2D eigenvalue weighted by Crippen LogP contribution is 2.47. The van der Waals surface area contributed by atoms with Crippen LogP contribution in [0.2, 0.25) is 0 Å². The normalized spacial score (nSPS) is 29.7. The van der Waals surface area contributed by atoms with E-state index in [4.69, 9.17) is 4.74 Å². The summed E-state index contributed by atoms with van der Waals surface area (Å²) in [7, 11) is 0. The summed E-state index contributed by atoms with van der Waals surface area (Å²) in [6, 6.07) is 0.